The fourth-order valence-electron chi connectivity index (χ4n) is 3.50. The first kappa shape index (κ1) is 16.8. The Labute approximate surface area is 138 Å². The number of aliphatic hydroxyl groups is 1. The molecule has 2 aliphatic heterocycles. The van der Waals surface area contributed by atoms with Gasteiger partial charge in [0.05, 0.1) is 0 Å². The number of nitrogens with zero attached hydrogens (tertiary/aromatic N) is 2. The minimum absolute atomic E-state index is 0.0249. The standard InChI is InChI=1S/C17H20F2N2O3/c18-12-6-13(19)8-14(7-12)21-5-3-15(17(21)24)16(23)20-4-1-2-11(9-20)10-22/h6-8,11,15,22H,1-5,9-10H2. The number of benzene rings is 1. The molecule has 2 unspecified atom stereocenters. The molecule has 1 aromatic carbocycles. The number of aliphatic hydroxyl groups excluding tert-OH is 1. The fraction of sp³-hybridized carbons (Fsp3) is 0.529. The van der Waals surface area contributed by atoms with Gasteiger partial charge in [-0.15, -0.1) is 0 Å². The average Bonchev–Trinajstić information content (AvgIpc) is 2.95. The summed E-state index contributed by atoms with van der Waals surface area (Å²) in [7, 11) is 0. The summed E-state index contributed by atoms with van der Waals surface area (Å²) < 4.78 is 26.7. The maximum absolute atomic E-state index is 13.4. The second kappa shape index (κ2) is 6.84. The van der Waals surface area contributed by atoms with Crippen molar-refractivity contribution < 1.29 is 23.5 Å². The van der Waals surface area contributed by atoms with Gasteiger partial charge in [0.1, 0.15) is 17.6 Å². The van der Waals surface area contributed by atoms with Crippen LogP contribution in [0.3, 0.4) is 0 Å². The minimum Gasteiger partial charge on any atom is -0.396 e. The van der Waals surface area contributed by atoms with Crippen molar-refractivity contribution in [3.8, 4) is 0 Å². The fourth-order valence-corrected chi connectivity index (χ4v) is 3.50. The summed E-state index contributed by atoms with van der Waals surface area (Å²) >= 11 is 0. The molecule has 2 aliphatic rings. The van der Waals surface area contributed by atoms with E-state index in [1.807, 2.05) is 0 Å². The second-order valence-corrected chi connectivity index (χ2v) is 6.43. The van der Waals surface area contributed by atoms with Crippen LogP contribution in [0.1, 0.15) is 19.3 Å². The Morgan fingerprint density at radius 1 is 1.17 bits per heavy atom. The molecule has 3 rings (SSSR count). The Bertz CT molecular complexity index is 632. The Hall–Kier alpha value is -2.02. The van der Waals surface area contributed by atoms with E-state index in [2.05, 4.69) is 0 Å². The summed E-state index contributed by atoms with van der Waals surface area (Å²) in [5, 5.41) is 9.27. The molecule has 130 valence electrons. The van der Waals surface area contributed by atoms with E-state index in [0.29, 0.717) is 19.5 Å². The molecule has 0 saturated carbocycles. The van der Waals surface area contributed by atoms with Crippen molar-refractivity contribution in [1.82, 2.24) is 4.90 Å². The predicted octanol–water partition coefficient (Wildman–Crippen LogP) is 1.55. The zero-order valence-electron chi connectivity index (χ0n) is 13.3. The van der Waals surface area contributed by atoms with Gasteiger partial charge < -0.3 is 14.9 Å². The lowest BCUT2D eigenvalue weighted by Gasteiger charge is -2.33. The number of hydrogen-bond donors (Lipinski definition) is 1. The monoisotopic (exact) mass is 338 g/mol. The van der Waals surface area contributed by atoms with Gasteiger partial charge in [-0.2, -0.15) is 0 Å². The molecule has 0 radical (unpaired) electrons. The smallest absolute Gasteiger partial charge is 0.239 e. The van der Waals surface area contributed by atoms with Gasteiger partial charge in [-0.25, -0.2) is 8.78 Å². The minimum atomic E-state index is -0.811. The van der Waals surface area contributed by atoms with Crippen LogP contribution in [0.5, 0.6) is 0 Å². The molecule has 1 N–H and O–H groups in total. The molecule has 2 saturated heterocycles. The van der Waals surface area contributed by atoms with Crippen molar-refractivity contribution in [1.29, 1.82) is 0 Å². The van der Waals surface area contributed by atoms with Crippen molar-refractivity contribution in [2.24, 2.45) is 11.8 Å². The van der Waals surface area contributed by atoms with E-state index in [9.17, 15) is 23.5 Å². The molecule has 2 amide bonds. The second-order valence-electron chi connectivity index (χ2n) is 6.43. The van der Waals surface area contributed by atoms with Crippen LogP contribution in [-0.2, 0) is 9.59 Å². The normalized spacial score (nSPS) is 24.5. The van der Waals surface area contributed by atoms with Gasteiger partial charge in [0.15, 0.2) is 0 Å². The van der Waals surface area contributed by atoms with E-state index in [0.717, 1.165) is 31.0 Å². The van der Waals surface area contributed by atoms with Gasteiger partial charge in [-0.3, -0.25) is 9.59 Å². The predicted molar refractivity (Wildman–Crippen MR) is 83.2 cm³/mol. The van der Waals surface area contributed by atoms with E-state index in [1.54, 1.807) is 4.90 Å². The van der Waals surface area contributed by atoms with Gasteiger partial charge in [0, 0.05) is 38.0 Å². The molecule has 0 bridgehead atoms. The number of halogens is 2. The molecule has 1 aromatic rings. The maximum atomic E-state index is 13.4. The maximum Gasteiger partial charge on any atom is 0.239 e. The molecule has 0 spiro atoms. The molecule has 24 heavy (non-hydrogen) atoms. The van der Waals surface area contributed by atoms with Gasteiger partial charge in [-0.05, 0) is 37.3 Å². The third-order valence-corrected chi connectivity index (χ3v) is 4.75. The zero-order chi connectivity index (χ0) is 17.3. The van der Waals surface area contributed by atoms with E-state index in [1.165, 1.54) is 4.90 Å². The summed E-state index contributed by atoms with van der Waals surface area (Å²) in [6.07, 6.45) is 2.00. The number of carbonyl (C=O) groups excluding carboxylic acids is 2. The number of piperidine rings is 1. The first-order valence-electron chi connectivity index (χ1n) is 8.16. The van der Waals surface area contributed by atoms with Gasteiger partial charge in [-0.1, -0.05) is 0 Å². The van der Waals surface area contributed by atoms with Crippen molar-refractivity contribution in [2.75, 3.05) is 31.1 Å². The largest absolute Gasteiger partial charge is 0.396 e. The number of amides is 2. The first-order valence-corrected chi connectivity index (χ1v) is 8.16. The lowest BCUT2D eigenvalue weighted by molar-refractivity contribution is -0.141. The number of anilines is 1. The van der Waals surface area contributed by atoms with Gasteiger partial charge >= 0.3 is 0 Å². The van der Waals surface area contributed by atoms with Crippen LogP contribution in [0, 0.1) is 23.5 Å². The summed E-state index contributed by atoms with van der Waals surface area (Å²) in [5.74, 6) is -2.95. The zero-order valence-corrected chi connectivity index (χ0v) is 13.3. The molecule has 5 nitrogen and oxygen atoms in total. The highest BCUT2D eigenvalue weighted by atomic mass is 19.1. The Morgan fingerprint density at radius 2 is 1.88 bits per heavy atom. The van der Waals surface area contributed by atoms with E-state index in [4.69, 9.17) is 0 Å². The summed E-state index contributed by atoms with van der Waals surface area (Å²) in [6, 6.07) is 2.93. The van der Waals surface area contributed by atoms with E-state index >= 15 is 0 Å². The van der Waals surface area contributed by atoms with Crippen LogP contribution in [0.4, 0.5) is 14.5 Å². The summed E-state index contributed by atoms with van der Waals surface area (Å²) in [6.45, 7) is 1.31. The first-order chi connectivity index (χ1) is 11.5. The number of likely N-dealkylation sites (tertiary alicyclic amines) is 1. The van der Waals surface area contributed by atoms with Crippen molar-refractivity contribution in [2.45, 2.75) is 19.3 Å². The Balaban J connectivity index is 1.72. The van der Waals surface area contributed by atoms with Crippen molar-refractivity contribution in [3.05, 3.63) is 29.8 Å². The third-order valence-electron chi connectivity index (χ3n) is 4.75. The lowest BCUT2D eigenvalue weighted by Crippen LogP contribution is -2.45. The van der Waals surface area contributed by atoms with Crippen LogP contribution < -0.4 is 4.90 Å². The lowest BCUT2D eigenvalue weighted by atomic mass is 9.97. The molecule has 2 fully saturated rings. The van der Waals surface area contributed by atoms with Crippen LogP contribution in [0.15, 0.2) is 18.2 Å². The van der Waals surface area contributed by atoms with E-state index < -0.39 is 23.5 Å². The molecular weight excluding hydrogens is 318 g/mol. The quantitative estimate of drug-likeness (QED) is 0.851. The third kappa shape index (κ3) is 3.26. The van der Waals surface area contributed by atoms with Crippen LogP contribution in [0.2, 0.25) is 0 Å². The molecular formula is C17H20F2N2O3. The summed E-state index contributed by atoms with van der Waals surface area (Å²) in [5.41, 5.74) is 0.139. The van der Waals surface area contributed by atoms with Crippen molar-refractivity contribution >= 4 is 17.5 Å². The topological polar surface area (TPSA) is 60.9 Å². The van der Waals surface area contributed by atoms with Crippen LogP contribution in [0.25, 0.3) is 0 Å². The SMILES string of the molecule is O=C(C1CCN(c2cc(F)cc(F)c2)C1=O)N1CCCC(CO)C1. The molecule has 2 atom stereocenters. The van der Waals surface area contributed by atoms with Gasteiger partial charge in [0.2, 0.25) is 11.8 Å². The Kier molecular flexibility index (Phi) is 4.80. The van der Waals surface area contributed by atoms with Crippen LogP contribution in [-0.4, -0.2) is 48.1 Å². The highest BCUT2D eigenvalue weighted by molar-refractivity contribution is 6.09. The van der Waals surface area contributed by atoms with E-state index in [-0.39, 0.29) is 30.7 Å². The van der Waals surface area contributed by atoms with Gasteiger partial charge in [0.25, 0.3) is 0 Å². The average molecular weight is 338 g/mol. The highest BCUT2D eigenvalue weighted by Crippen LogP contribution is 2.29. The molecule has 0 aromatic heterocycles. The number of rotatable bonds is 3. The highest BCUT2D eigenvalue weighted by Gasteiger charge is 2.40. The summed E-state index contributed by atoms with van der Waals surface area (Å²) in [4.78, 5) is 28.1. The Morgan fingerprint density at radius 3 is 2.54 bits per heavy atom. The van der Waals surface area contributed by atoms with Crippen LogP contribution >= 0.6 is 0 Å². The molecule has 7 heteroatoms. The molecule has 0 aliphatic carbocycles. The number of carbonyl (C=O) groups is 2. The molecule has 2 heterocycles. The van der Waals surface area contributed by atoms with Crippen molar-refractivity contribution in [3.63, 3.8) is 0 Å². The number of hydrogen-bond acceptors (Lipinski definition) is 3.